The topological polar surface area (TPSA) is 104 Å². The monoisotopic (exact) mass is 472 g/mol. The van der Waals surface area contributed by atoms with Crippen molar-refractivity contribution < 1.29 is 4.79 Å². The lowest BCUT2D eigenvalue weighted by atomic mass is 10.0. The molecule has 4 heterocycles. The Morgan fingerprint density at radius 2 is 2.00 bits per heavy atom. The van der Waals surface area contributed by atoms with Crippen molar-refractivity contribution in [1.82, 2.24) is 34.9 Å². The number of aromatic nitrogens is 5. The third kappa shape index (κ3) is 5.75. The average molecular weight is 473 g/mol. The van der Waals surface area contributed by atoms with Crippen LogP contribution in [-0.2, 0) is 17.6 Å². The second kappa shape index (κ2) is 10.8. The Balaban J connectivity index is 1.16. The van der Waals surface area contributed by atoms with Crippen LogP contribution in [0.2, 0.25) is 0 Å². The molecule has 182 valence electrons. The first-order valence-corrected chi connectivity index (χ1v) is 12.3. The number of piperazine rings is 1. The Kier molecular flexibility index (Phi) is 7.15. The van der Waals surface area contributed by atoms with Gasteiger partial charge in [0.25, 0.3) is 0 Å². The van der Waals surface area contributed by atoms with Gasteiger partial charge in [-0.2, -0.15) is 0 Å². The highest BCUT2D eigenvalue weighted by molar-refractivity contribution is 5.88. The molecule has 0 spiro atoms. The molecule has 1 unspecified atom stereocenters. The molecule has 1 aromatic carbocycles. The Morgan fingerprint density at radius 1 is 1.17 bits per heavy atom. The Labute approximate surface area is 205 Å². The van der Waals surface area contributed by atoms with Gasteiger partial charge < -0.3 is 15.6 Å². The number of nitrogens with one attached hydrogen (secondary N) is 3. The molecule has 4 aromatic rings. The molecule has 3 N–H and O–H groups in total. The molecule has 35 heavy (non-hydrogen) atoms. The van der Waals surface area contributed by atoms with Crippen LogP contribution < -0.4 is 10.6 Å². The summed E-state index contributed by atoms with van der Waals surface area (Å²) in [5, 5.41) is 15.4. The maximum atomic E-state index is 11.2. The average Bonchev–Trinajstić information content (AvgIpc) is 3.54. The number of pyridine rings is 1. The molecule has 1 aliphatic heterocycles. The van der Waals surface area contributed by atoms with Gasteiger partial charge in [0.1, 0.15) is 18.5 Å². The molecule has 1 saturated heterocycles. The number of H-pyrrole nitrogens is 1. The second-order valence-corrected chi connectivity index (χ2v) is 9.19. The van der Waals surface area contributed by atoms with E-state index in [1.54, 1.807) is 12.7 Å². The highest BCUT2D eigenvalue weighted by atomic mass is 16.1. The molecule has 0 radical (unpaired) electrons. The van der Waals surface area contributed by atoms with Crippen molar-refractivity contribution in [1.29, 1.82) is 0 Å². The van der Waals surface area contributed by atoms with Gasteiger partial charge in [0, 0.05) is 49.9 Å². The number of aryl methyl sites for hydroxylation is 2. The summed E-state index contributed by atoms with van der Waals surface area (Å²) in [4.78, 5) is 21.7. The summed E-state index contributed by atoms with van der Waals surface area (Å²) in [5.41, 5.74) is 4.54. The van der Waals surface area contributed by atoms with Crippen LogP contribution in [0, 0.1) is 0 Å². The van der Waals surface area contributed by atoms with Crippen molar-refractivity contribution in [2.75, 3.05) is 31.5 Å². The van der Waals surface area contributed by atoms with Crippen LogP contribution in [0.4, 0.5) is 5.69 Å². The van der Waals surface area contributed by atoms with E-state index in [9.17, 15) is 4.79 Å². The van der Waals surface area contributed by atoms with Gasteiger partial charge in [-0.15, -0.1) is 10.2 Å². The fourth-order valence-electron chi connectivity index (χ4n) is 4.88. The molecule has 3 aromatic heterocycles. The predicted octanol–water partition coefficient (Wildman–Crippen LogP) is 2.94. The minimum atomic E-state index is -0.0399. The largest absolute Gasteiger partial charge is 0.360 e. The lowest BCUT2D eigenvalue weighted by Crippen LogP contribution is -2.51. The van der Waals surface area contributed by atoms with Gasteiger partial charge in [-0.3, -0.25) is 14.3 Å². The van der Waals surface area contributed by atoms with Crippen molar-refractivity contribution >= 4 is 22.5 Å². The van der Waals surface area contributed by atoms with Crippen LogP contribution in [0.25, 0.3) is 16.7 Å². The number of nitrogens with zero attached hydrogens (tertiary/aromatic N) is 5. The van der Waals surface area contributed by atoms with Crippen LogP contribution in [0.1, 0.15) is 30.9 Å². The molecule has 0 saturated carbocycles. The molecule has 1 aliphatic rings. The molecule has 1 amide bonds. The molecule has 9 heteroatoms. The van der Waals surface area contributed by atoms with Gasteiger partial charge >= 0.3 is 0 Å². The summed E-state index contributed by atoms with van der Waals surface area (Å²) >= 11 is 0. The lowest BCUT2D eigenvalue weighted by molar-refractivity contribution is -0.114. The number of fused-ring (bicyclic) bond motifs is 1. The molecule has 5 rings (SSSR count). The Morgan fingerprint density at radius 3 is 2.80 bits per heavy atom. The van der Waals surface area contributed by atoms with Crippen molar-refractivity contribution in [2.45, 2.75) is 38.6 Å². The zero-order chi connectivity index (χ0) is 24.0. The molecule has 1 fully saturated rings. The first-order valence-electron chi connectivity index (χ1n) is 12.3. The number of amides is 1. The molecule has 9 nitrogen and oxygen atoms in total. The van der Waals surface area contributed by atoms with E-state index in [0.717, 1.165) is 68.9 Å². The van der Waals surface area contributed by atoms with Crippen molar-refractivity contribution in [3.05, 3.63) is 66.5 Å². The third-order valence-electron chi connectivity index (χ3n) is 6.72. The van der Waals surface area contributed by atoms with Gasteiger partial charge in [-0.1, -0.05) is 12.1 Å². The Hall–Kier alpha value is -3.56. The van der Waals surface area contributed by atoms with Gasteiger partial charge in [0.15, 0.2) is 0 Å². The van der Waals surface area contributed by atoms with Crippen molar-refractivity contribution in [3.63, 3.8) is 0 Å². The van der Waals surface area contributed by atoms with Gasteiger partial charge in [-0.05, 0) is 61.6 Å². The summed E-state index contributed by atoms with van der Waals surface area (Å²) in [6.07, 6.45) is 11.6. The van der Waals surface area contributed by atoms with Crippen molar-refractivity contribution in [2.24, 2.45) is 0 Å². The number of hydrogen-bond donors (Lipinski definition) is 3. The number of carbonyl (C=O) groups excluding carboxylic acids is 1. The van der Waals surface area contributed by atoms with E-state index in [1.807, 2.05) is 22.9 Å². The summed E-state index contributed by atoms with van der Waals surface area (Å²) in [6, 6.07) is 10.8. The normalized spacial score (nSPS) is 16.5. The predicted molar refractivity (Wildman–Crippen MR) is 137 cm³/mol. The van der Waals surface area contributed by atoms with E-state index in [-0.39, 0.29) is 5.91 Å². The smallest absolute Gasteiger partial charge is 0.221 e. The molecule has 0 bridgehead atoms. The van der Waals surface area contributed by atoms with Gasteiger partial charge in [0.2, 0.25) is 5.91 Å². The number of carbonyl (C=O) groups is 1. The summed E-state index contributed by atoms with van der Waals surface area (Å²) < 4.78 is 1.83. The summed E-state index contributed by atoms with van der Waals surface area (Å²) in [7, 11) is 0. The summed E-state index contributed by atoms with van der Waals surface area (Å²) in [6.45, 7) is 5.78. The first kappa shape index (κ1) is 23.2. The highest BCUT2D eigenvalue weighted by Crippen LogP contribution is 2.22. The lowest BCUT2D eigenvalue weighted by Gasteiger charge is -2.36. The maximum absolute atomic E-state index is 11.2. The first-order chi connectivity index (χ1) is 17.2. The highest BCUT2D eigenvalue weighted by Gasteiger charge is 2.21. The van der Waals surface area contributed by atoms with Crippen molar-refractivity contribution in [3.8, 4) is 5.82 Å². The number of benzene rings is 1. The standard InChI is InChI=1S/C26H32N8O/c1-19(35)32-22-7-4-20(5-8-22)6-9-23-15-27-10-12-33(23)11-2-3-21-14-28-25-16-29-26(13-24(21)25)34-17-30-31-18-34/h4-5,7-8,13-14,16-18,23,27-28H,2-3,6,9-12,15H2,1H3,(H,32,35). The zero-order valence-corrected chi connectivity index (χ0v) is 20.1. The van der Waals surface area contributed by atoms with E-state index in [4.69, 9.17) is 0 Å². The van der Waals surface area contributed by atoms with E-state index in [2.05, 4.69) is 60.1 Å². The van der Waals surface area contributed by atoms with Gasteiger partial charge in [-0.25, -0.2) is 4.98 Å². The van der Waals surface area contributed by atoms with Crippen LogP contribution in [-0.4, -0.2) is 67.8 Å². The number of anilines is 1. The third-order valence-corrected chi connectivity index (χ3v) is 6.72. The SMILES string of the molecule is CC(=O)Nc1ccc(CCC2CNCCN2CCCc2c[nH]c3cnc(-n4cnnc4)cc23)cc1. The van der Waals surface area contributed by atoms with Gasteiger partial charge in [0.05, 0.1) is 11.7 Å². The quantitative estimate of drug-likeness (QED) is 0.346. The number of aromatic amines is 1. The van der Waals surface area contributed by atoms with Crippen LogP contribution in [0.15, 0.2) is 55.4 Å². The van der Waals surface area contributed by atoms with E-state index < -0.39 is 0 Å². The fraction of sp³-hybridized carbons (Fsp3) is 0.385. The molecular weight excluding hydrogens is 440 g/mol. The minimum absolute atomic E-state index is 0.0399. The molecular formula is C26H32N8O. The van der Waals surface area contributed by atoms with E-state index >= 15 is 0 Å². The molecule has 1 atom stereocenters. The van der Waals surface area contributed by atoms with Crippen LogP contribution in [0.5, 0.6) is 0 Å². The maximum Gasteiger partial charge on any atom is 0.221 e. The zero-order valence-electron chi connectivity index (χ0n) is 20.1. The Bertz CT molecular complexity index is 1250. The number of rotatable bonds is 9. The summed E-state index contributed by atoms with van der Waals surface area (Å²) in [5.74, 6) is 0.789. The van der Waals surface area contributed by atoms with E-state index in [0.29, 0.717) is 6.04 Å². The minimum Gasteiger partial charge on any atom is -0.360 e. The number of hydrogen-bond acceptors (Lipinski definition) is 6. The molecule has 0 aliphatic carbocycles. The second-order valence-electron chi connectivity index (χ2n) is 9.19. The van der Waals surface area contributed by atoms with Crippen LogP contribution >= 0.6 is 0 Å². The fourth-order valence-corrected chi connectivity index (χ4v) is 4.88. The van der Waals surface area contributed by atoms with Crippen LogP contribution in [0.3, 0.4) is 0 Å². The van der Waals surface area contributed by atoms with E-state index in [1.165, 1.54) is 23.4 Å².